The minimum Gasteiger partial charge on any atom is -0.383 e. The summed E-state index contributed by atoms with van der Waals surface area (Å²) >= 11 is 1.83. The highest BCUT2D eigenvalue weighted by molar-refractivity contribution is 7.15. The molecule has 1 unspecified atom stereocenters. The molecular weight excluding hydrogens is 282 g/mol. The average molecular weight is 314 g/mol. The van der Waals surface area contributed by atoms with Gasteiger partial charge in [-0.2, -0.15) is 0 Å². The smallest absolute Gasteiger partial charge is 0.186 e. The van der Waals surface area contributed by atoms with Gasteiger partial charge in [0.05, 0.1) is 12.3 Å². The first-order valence-electron chi connectivity index (χ1n) is 8.00. The number of anilines is 1. The Morgan fingerprint density at radius 2 is 2.00 bits per heavy atom. The Labute approximate surface area is 133 Å². The molecule has 0 aliphatic rings. The predicted octanol–water partition coefficient (Wildman–Crippen LogP) is 3.63. The van der Waals surface area contributed by atoms with Crippen LogP contribution in [0.1, 0.15) is 57.5 Å². The minimum atomic E-state index is 0.486. The van der Waals surface area contributed by atoms with Crippen LogP contribution in [0.2, 0.25) is 0 Å². The molecule has 4 nitrogen and oxygen atoms in total. The van der Waals surface area contributed by atoms with Crippen LogP contribution in [0.15, 0.2) is 0 Å². The quantitative estimate of drug-likeness (QED) is 0.669. The zero-order chi connectivity index (χ0) is 15.8. The van der Waals surface area contributed by atoms with Gasteiger partial charge in [0.1, 0.15) is 0 Å². The Bertz CT molecular complexity index is 406. The highest BCUT2D eigenvalue weighted by atomic mass is 32.1. The molecule has 1 rings (SSSR count). The summed E-state index contributed by atoms with van der Waals surface area (Å²) in [7, 11) is 1.73. The van der Waals surface area contributed by atoms with Crippen molar-refractivity contribution >= 4 is 16.5 Å². The number of nitrogens with zero attached hydrogens (tertiary/aromatic N) is 2. The molecule has 1 heterocycles. The van der Waals surface area contributed by atoms with Crippen LogP contribution < -0.4 is 10.2 Å². The first-order valence-corrected chi connectivity index (χ1v) is 8.82. The minimum absolute atomic E-state index is 0.486. The van der Waals surface area contributed by atoms with Gasteiger partial charge >= 0.3 is 0 Å². The summed E-state index contributed by atoms with van der Waals surface area (Å²) in [6.45, 7) is 14.7. The monoisotopic (exact) mass is 313 g/mol. The fourth-order valence-electron chi connectivity index (χ4n) is 2.28. The third-order valence-electron chi connectivity index (χ3n) is 3.77. The summed E-state index contributed by atoms with van der Waals surface area (Å²) in [6, 6.07) is 0.486. The second-order valence-electron chi connectivity index (χ2n) is 5.66. The largest absolute Gasteiger partial charge is 0.383 e. The Hall–Kier alpha value is -0.650. The molecule has 0 amide bonds. The van der Waals surface area contributed by atoms with E-state index in [4.69, 9.17) is 9.72 Å². The van der Waals surface area contributed by atoms with Crippen molar-refractivity contribution < 1.29 is 4.74 Å². The van der Waals surface area contributed by atoms with Crippen molar-refractivity contribution in [1.29, 1.82) is 0 Å². The molecule has 1 aromatic rings. The highest BCUT2D eigenvalue weighted by Crippen LogP contribution is 2.32. The molecule has 0 aromatic carbocycles. The summed E-state index contributed by atoms with van der Waals surface area (Å²) < 4.78 is 5.09. The number of nitrogens with one attached hydrogen (secondary N) is 1. The fraction of sp³-hybridized carbons (Fsp3) is 0.812. The van der Waals surface area contributed by atoms with E-state index in [-0.39, 0.29) is 0 Å². The molecule has 0 aliphatic carbocycles. The topological polar surface area (TPSA) is 37.4 Å². The summed E-state index contributed by atoms with van der Waals surface area (Å²) in [5, 5.41) is 4.61. The second-order valence-corrected chi connectivity index (χ2v) is 6.73. The van der Waals surface area contributed by atoms with Gasteiger partial charge in [-0.05, 0) is 33.1 Å². The van der Waals surface area contributed by atoms with Gasteiger partial charge in [0.2, 0.25) is 0 Å². The molecule has 21 heavy (non-hydrogen) atoms. The maximum Gasteiger partial charge on any atom is 0.186 e. The van der Waals surface area contributed by atoms with E-state index in [1.807, 2.05) is 11.3 Å². The van der Waals surface area contributed by atoms with Crippen LogP contribution in [0.4, 0.5) is 5.13 Å². The summed E-state index contributed by atoms with van der Waals surface area (Å²) in [6.07, 6.45) is 1.13. The normalized spacial score (nSPS) is 12.9. The molecule has 0 bridgehead atoms. The Morgan fingerprint density at radius 1 is 1.29 bits per heavy atom. The van der Waals surface area contributed by atoms with Gasteiger partial charge in [0, 0.05) is 37.7 Å². The Kier molecular flexibility index (Phi) is 8.22. The van der Waals surface area contributed by atoms with Gasteiger partial charge in [0.15, 0.2) is 5.13 Å². The van der Waals surface area contributed by atoms with Crippen LogP contribution >= 0.6 is 11.3 Å². The molecule has 1 aromatic heterocycles. The predicted molar refractivity (Wildman–Crippen MR) is 92.6 cm³/mol. The number of hydrogen-bond donors (Lipinski definition) is 1. The molecule has 0 aliphatic heterocycles. The lowest BCUT2D eigenvalue weighted by Gasteiger charge is -2.24. The van der Waals surface area contributed by atoms with Gasteiger partial charge in [-0.1, -0.05) is 13.8 Å². The summed E-state index contributed by atoms with van der Waals surface area (Å²) in [5.41, 5.74) is 1.27. The van der Waals surface area contributed by atoms with Crippen LogP contribution in [0.5, 0.6) is 0 Å². The lowest BCUT2D eigenvalue weighted by Crippen LogP contribution is -2.30. The molecule has 5 heteroatoms. The lowest BCUT2D eigenvalue weighted by atomic mass is 10.0. The van der Waals surface area contributed by atoms with Crippen molar-refractivity contribution in [2.75, 3.05) is 31.7 Å². The third-order valence-corrected chi connectivity index (χ3v) is 4.88. The van der Waals surface area contributed by atoms with Crippen LogP contribution in [-0.2, 0) is 11.3 Å². The van der Waals surface area contributed by atoms with Crippen molar-refractivity contribution in [3.8, 4) is 0 Å². The average Bonchev–Trinajstić information content (AvgIpc) is 2.87. The molecule has 0 spiro atoms. The SMILES string of the molecule is CCC(C)c1nc(N(CC)C(C)C)sc1CNCCOC. The van der Waals surface area contributed by atoms with E-state index in [9.17, 15) is 0 Å². The maximum absolute atomic E-state index is 5.09. The van der Waals surface area contributed by atoms with Gasteiger partial charge in [0.25, 0.3) is 0 Å². The standard InChI is InChI=1S/C16H31N3OS/c1-7-13(5)15-14(11-17-9-10-20-6)21-16(18-15)19(8-2)12(3)4/h12-13,17H,7-11H2,1-6H3. The lowest BCUT2D eigenvalue weighted by molar-refractivity contribution is 0.199. The fourth-order valence-corrected chi connectivity index (χ4v) is 3.62. The number of aromatic nitrogens is 1. The van der Waals surface area contributed by atoms with Crippen molar-refractivity contribution in [3.05, 3.63) is 10.6 Å². The van der Waals surface area contributed by atoms with E-state index < -0.39 is 0 Å². The molecule has 0 saturated heterocycles. The molecule has 122 valence electrons. The van der Waals surface area contributed by atoms with Crippen molar-refractivity contribution in [2.45, 2.75) is 59.5 Å². The van der Waals surface area contributed by atoms with Crippen molar-refractivity contribution in [2.24, 2.45) is 0 Å². The first kappa shape index (κ1) is 18.4. The first-order chi connectivity index (χ1) is 10.0. The van der Waals surface area contributed by atoms with E-state index in [0.29, 0.717) is 12.0 Å². The van der Waals surface area contributed by atoms with Crippen molar-refractivity contribution in [1.82, 2.24) is 10.3 Å². The van der Waals surface area contributed by atoms with Gasteiger partial charge in [-0.3, -0.25) is 0 Å². The zero-order valence-electron chi connectivity index (χ0n) is 14.4. The summed E-state index contributed by atoms with van der Waals surface area (Å²) in [4.78, 5) is 8.69. The van der Waals surface area contributed by atoms with Crippen LogP contribution in [0, 0.1) is 0 Å². The maximum atomic E-state index is 5.09. The van der Waals surface area contributed by atoms with E-state index in [1.54, 1.807) is 7.11 Å². The molecule has 0 saturated carbocycles. The zero-order valence-corrected chi connectivity index (χ0v) is 15.2. The Morgan fingerprint density at radius 3 is 2.52 bits per heavy atom. The van der Waals surface area contributed by atoms with Gasteiger partial charge in [-0.15, -0.1) is 11.3 Å². The van der Waals surface area contributed by atoms with Crippen LogP contribution in [-0.4, -0.2) is 37.8 Å². The molecule has 1 N–H and O–H groups in total. The highest BCUT2D eigenvalue weighted by Gasteiger charge is 2.19. The number of rotatable bonds is 10. The number of hydrogen-bond acceptors (Lipinski definition) is 5. The van der Waals surface area contributed by atoms with Crippen LogP contribution in [0.25, 0.3) is 0 Å². The summed E-state index contributed by atoms with van der Waals surface area (Å²) in [5.74, 6) is 0.514. The molecule has 0 radical (unpaired) electrons. The number of ether oxygens (including phenoxy) is 1. The van der Waals surface area contributed by atoms with E-state index >= 15 is 0 Å². The molecule has 1 atom stereocenters. The third kappa shape index (κ3) is 5.24. The van der Waals surface area contributed by atoms with E-state index in [1.165, 1.54) is 10.6 Å². The van der Waals surface area contributed by atoms with E-state index in [0.717, 1.165) is 37.8 Å². The van der Waals surface area contributed by atoms with E-state index in [2.05, 4.69) is 44.8 Å². The molecular formula is C16H31N3OS. The van der Waals surface area contributed by atoms with Gasteiger partial charge < -0.3 is 15.0 Å². The number of thiazole rings is 1. The van der Waals surface area contributed by atoms with Crippen LogP contribution in [0.3, 0.4) is 0 Å². The van der Waals surface area contributed by atoms with Gasteiger partial charge in [-0.25, -0.2) is 4.98 Å². The Balaban J connectivity index is 2.90. The van der Waals surface area contributed by atoms with Crippen molar-refractivity contribution in [3.63, 3.8) is 0 Å². The number of methoxy groups -OCH3 is 1. The second kappa shape index (κ2) is 9.38. The molecule has 0 fully saturated rings.